The maximum Gasteiger partial charge on any atom is 0.260 e. The topological polar surface area (TPSA) is 55.6 Å². The average molecular weight is 333 g/mol. The fourth-order valence-electron chi connectivity index (χ4n) is 2.35. The monoisotopic (exact) mass is 332 g/mol. The minimum atomic E-state index is -0.0474. The van der Waals surface area contributed by atoms with Crippen LogP contribution < -0.4 is 10.5 Å². The van der Waals surface area contributed by atoms with Gasteiger partial charge in [-0.05, 0) is 36.1 Å². The third-order valence-electron chi connectivity index (χ3n) is 3.84. The molecule has 1 saturated heterocycles. The van der Waals surface area contributed by atoms with Crippen LogP contribution in [0.2, 0.25) is 5.02 Å². The quantitative estimate of drug-likeness (QED) is 0.925. The third-order valence-corrected chi connectivity index (χ3v) is 4.09. The molecule has 1 aromatic rings. The summed E-state index contributed by atoms with van der Waals surface area (Å²) in [4.78, 5) is 14.0. The van der Waals surface area contributed by atoms with Crippen LogP contribution in [0.25, 0.3) is 0 Å². The van der Waals surface area contributed by atoms with E-state index in [1.807, 2.05) is 4.90 Å². The van der Waals surface area contributed by atoms with Crippen molar-refractivity contribution in [1.29, 1.82) is 0 Å². The number of hydrogen-bond acceptors (Lipinski definition) is 3. The molecule has 0 radical (unpaired) electrons. The van der Waals surface area contributed by atoms with Gasteiger partial charge in [0.2, 0.25) is 0 Å². The average Bonchev–Trinajstić information content (AvgIpc) is 2.41. The largest absolute Gasteiger partial charge is 0.484 e. The predicted octanol–water partition coefficient (Wildman–Crippen LogP) is 2.73. The Kier molecular flexibility index (Phi) is 6.32. The lowest BCUT2D eigenvalue weighted by molar-refractivity contribution is -0.136. The van der Waals surface area contributed by atoms with Crippen LogP contribution in [0.15, 0.2) is 24.3 Å². The summed E-state index contributed by atoms with van der Waals surface area (Å²) in [5.74, 6) is 0.649. The van der Waals surface area contributed by atoms with Gasteiger partial charge in [-0.1, -0.05) is 25.4 Å². The van der Waals surface area contributed by atoms with Crippen molar-refractivity contribution in [3.63, 3.8) is 0 Å². The second kappa shape index (κ2) is 7.34. The summed E-state index contributed by atoms with van der Waals surface area (Å²) in [6, 6.07) is 7.13. The summed E-state index contributed by atoms with van der Waals surface area (Å²) in [6.45, 7) is 5.62. The summed E-state index contributed by atoms with van der Waals surface area (Å²) >= 11 is 5.80. The molecule has 4 nitrogen and oxygen atoms in total. The normalized spacial score (nSPS) is 20.6. The number of hydrogen-bond donors (Lipinski definition) is 1. The highest BCUT2D eigenvalue weighted by Crippen LogP contribution is 2.27. The molecule has 1 fully saturated rings. The Morgan fingerprint density at radius 3 is 2.62 bits per heavy atom. The van der Waals surface area contributed by atoms with Crippen LogP contribution in [0.4, 0.5) is 0 Å². The Morgan fingerprint density at radius 1 is 1.43 bits per heavy atom. The van der Waals surface area contributed by atoms with Gasteiger partial charge in [-0.15, -0.1) is 12.4 Å². The first-order chi connectivity index (χ1) is 9.38. The number of rotatable bonds is 3. The maximum atomic E-state index is 12.2. The minimum Gasteiger partial charge on any atom is -0.484 e. The standard InChI is InChI=1S/C15H21ClN2O2.ClH/c1-15(2)10-18(8-7-13(15)17)14(19)9-20-12-5-3-11(16)4-6-12;/h3-6,13H,7-10,17H2,1-2H3;1H. The highest BCUT2D eigenvalue weighted by molar-refractivity contribution is 6.30. The summed E-state index contributed by atoms with van der Waals surface area (Å²) in [7, 11) is 0. The van der Waals surface area contributed by atoms with E-state index in [0.29, 0.717) is 23.9 Å². The van der Waals surface area contributed by atoms with Gasteiger partial charge in [-0.2, -0.15) is 0 Å². The van der Waals surface area contributed by atoms with E-state index in [0.717, 1.165) is 6.42 Å². The number of amides is 1. The van der Waals surface area contributed by atoms with Crippen molar-refractivity contribution >= 4 is 29.9 Å². The van der Waals surface area contributed by atoms with Crippen molar-refractivity contribution in [2.24, 2.45) is 11.1 Å². The van der Waals surface area contributed by atoms with E-state index < -0.39 is 0 Å². The van der Waals surface area contributed by atoms with Crippen molar-refractivity contribution in [2.75, 3.05) is 19.7 Å². The molecule has 118 valence electrons. The lowest BCUT2D eigenvalue weighted by Crippen LogP contribution is -2.54. The molecular weight excluding hydrogens is 311 g/mol. The molecule has 1 unspecified atom stereocenters. The second-order valence-electron chi connectivity index (χ2n) is 5.94. The highest BCUT2D eigenvalue weighted by Gasteiger charge is 2.35. The second-order valence-corrected chi connectivity index (χ2v) is 6.38. The van der Waals surface area contributed by atoms with Crippen LogP contribution in [-0.2, 0) is 4.79 Å². The third kappa shape index (κ3) is 4.77. The summed E-state index contributed by atoms with van der Waals surface area (Å²) in [5.41, 5.74) is 6.02. The number of halogens is 2. The Morgan fingerprint density at radius 2 is 2.05 bits per heavy atom. The summed E-state index contributed by atoms with van der Waals surface area (Å²) in [5, 5.41) is 0.649. The first kappa shape index (κ1) is 18.1. The van der Waals surface area contributed by atoms with Gasteiger partial charge >= 0.3 is 0 Å². The molecule has 1 amide bonds. The zero-order chi connectivity index (χ0) is 14.8. The van der Waals surface area contributed by atoms with Gasteiger partial charge in [0.25, 0.3) is 5.91 Å². The zero-order valence-electron chi connectivity index (χ0n) is 12.3. The molecule has 0 bridgehead atoms. The van der Waals surface area contributed by atoms with E-state index in [1.165, 1.54) is 0 Å². The van der Waals surface area contributed by atoms with Crippen LogP contribution in [0, 0.1) is 5.41 Å². The van der Waals surface area contributed by atoms with Gasteiger partial charge in [0.15, 0.2) is 6.61 Å². The predicted molar refractivity (Wildman–Crippen MR) is 87.1 cm³/mol. The van der Waals surface area contributed by atoms with Gasteiger partial charge in [0, 0.05) is 24.2 Å². The Balaban J connectivity index is 0.00000220. The molecule has 1 aliphatic rings. The number of carbonyl (C=O) groups is 1. The van der Waals surface area contributed by atoms with Gasteiger partial charge in [0.05, 0.1) is 0 Å². The smallest absolute Gasteiger partial charge is 0.260 e. The maximum absolute atomic E-state index is 12.2. The molecular formula is C15H22Cl2N2O2. The molecule has 6 heteroatoms. The van der Waals surface area contributed by atoms with Gasteiger partial charge < -0.3 is 15.4 Å². The zero-order valence-corrected chi connectivity index (χ0v) is 13.9. The van der Waals surface area contributed by atoms with E-state index in [-0.39, 0.29) is 36.4 Å². The molecule has 0 saturated carbocycles. The summed E-state index contributed by atoms with van der Waals surface area (Å²) in [6.07, 6.45) is 0.833. The van der Waals surface area contributed by atoms with Crippen LogP contribution >= 0.6 is 24.0 Å². The molecule has 1 heterocycles. The van der Waals surface area contributed by atoms with E-state index in [9.17, 15) is 4.79 Å². The SMILES string of the molecule is CC1(C)CN(C(=O)COc2ccc(Cl)cc2)CCC1N.Cl. The fourth-order valence-corrected chi connectivity index (χ4v) is 2.48. The van der Waals surface area contributed by atoms with Crippen LogP contribution in [0.5, 0.6) is 5.75 Å². The lowest BCUT2D eigenvalue weighted by atomic mass is 9.80. The molecule has 0 spiro atoms. The molecule has 1 aromatic carbocycles. The van der Waals surface area contributed by atoms with Gasteiger partial charge in [-0.25, -0.2) is 0 Å². The van der Waals surface area contributed by atoms with Crippen molar-refractivity contribution in [1.82, 2.24) is 4.90 Å². The molecule has 2 rings (SSSR count). The molecule has 21 heavy (non-hydrogen) atoms. The molecule has 0 aromatic heterocycles. The number of benzene rings is 1. The lowest BCUT2D eigenvalue weighted by Gasteiger charge is -2.42. The molecule has 1 aliphatic heterocycles. The first-order valence-electron chi connectivity index (χ1n) is 6.80. The van der Waals surface area contributed by atoms with Crippen LogP contribution in [-0.4, -0.2) is 36.5 Å². The van der Waals surface area contributed by atoms with Crippen LogP contribution in [0.1, 0.15) is 20.3 Å². The van der Waals surface area contributed by atoms with Crippen molar-refractivity contribution < 1.29 is 9.53 Å². The molecule has 1 atom stereocenters. The number of piperidine rings is 1. The van der Waals surface area contributed by atoms with Crippen molar-refractivity contribution in [3.8, 4) is 5.75 Å². The van der Waals surface area contributed by atoms with Crippen molar-refractivity contribution in [2.45, 2.75) is 26.3 Å². The van der Waals surface area contributed by atoms with E-state index >= 15 is 0 Å². The van der Waals surface area contributed by atoms with E-state index in [2.05, 4.69) is 13.8 Å². The highest BCUT2D eigenvalue weighted by atomic mass is 35.5. The number of nitrogens with two attached hydrogens (primary N) is 1. The minimum absolute atomic E-state index is 0. The fraction of sp³-hybridized carbons (Fsp3) is 0.533. The Labute approximate surface area is 137 Å². The Bertz CT molecular complexity index is 477. The van der Waals surface area contributed by atoms with Gasteiger partial charge in [-0.3, -0.25) is 4.79 Å². The number of likely N-dealkylation sites (tertiary alicyclic amines) is 1. The molecule has 2 N–H and O–H groups in total. The van der Waals surface area contributed by atoms with E-state index in [4.69, 9.17) is 22.1 Å². The Hall–Kier alpha value is -0.970. The number of carbonyl (C=O) groups excluding carboxylic acids is 1. The summed E-state index contributed by atoms with van der Waals surface area (Å²) < 4.78 is 5.49. The van der Waals surface area contributed by atoms with E-state index in [1.54, 1.807) is 24.3 Å². The van der Waals surface area contributed by atoms with Crippen LogP contribution in [0.3, 0.4) is 0 Å². The first-order valence-corrected chi connectivity index (χ1v) is 7.18. The van der Waals surface area contributed by atoms with Crippen molar-refractivity contribution in [3.05, 3.63) is 29.3 Å². The van der Waals surface area contributed by atoms with Gasteiger partial charge in [0.1, 0.15) is 5.75 Å². The number of nitrogens with zero attached hydrogens (tertiary/aromatic N) is 1. The number of ether oxygens (including phenoxy) is 1. The molecule has 0 aliphatic carbocycles.